The summed E-state index contributed by atoms with van der Waals surface area (Å²) >= 11 is 3.22. The van der Waals surface area contributed by atoms with Gasteiger partial charge in [-0.1, -0.05) is 15.9 Å². The van der Waals surface area contributed by atoms with Gasteiger partial charge < -0.3 is 9.47 Å². The molecule has 0 spiro atoms. The standard InChI is InChI=1S/C13H16BrClO4S/c1-13(2)6-5-10(19-13)8-18-11-4-3-9(14)7-12(11)20(15,16)17/h3-4,7,10H,5-6,8H2,1-2H3. The molecule has 1 atom stereocenters. The van der Waals surface area contributed by atoms with Gasteiger partial charge in [-0.15, -0.1) is 0 Å². The van der Waals surface area contributed by atoms with E-state index in [0.717, 1.165) is 12.8 Å². The smallest absolute Gasteiger partial charge is 0.265 e. The molecule has 1 fully saturated rings. The lowest BCUT2D eigenvalue weighted by molar-refractivity contribution is -0.0330. The van der Waals surface area contributed by atoms with Crippen LogP contribution in [0.2, 0.25) is 0 Å². The van der Waals surface area contributed by atoms with Crippen molar-refractivity contribution in [3.8, 4) is 5.75 Å². The Labute approximate surface area is 132 Å². The van der Waals surface area contributed by atoms with E-state index < -0.39 is 9.05 Å². The maximum atomic E-state index is 11.5. The van der Waals surface area contributed by atoms with E-state index in [-0.39, 0.29) is 22.4 Å². The number of hydrogen-bond acceptors (Lipinski definition) is 4. The van der Waals surface area contributed by atoms with Crippen LogP contribution in [0, 0.1) is 0 Å². The summed E-state index contributed by atoms with van der Waals surface area (Å²) in [4.78, 5) is -0.0363. The molecule has 0 N–H and O–H groups in total. The van der Waals surface area contributed by atoms with Crippen molar-refractivity contribution in [3.05, 3.63) is 22.7 Å². The van der Waals surface area contributed by atoms with Crippen LogP contribution in [0.1, 0.15) is 26.7 Å². The maximum Gasteiger partial charge on any atom is 0.265 e. The lowest BCUT2D eigenvalue weighted by Crippen LogP contribution is -2.24. The minimum absolute atomic E-state index is 0.0282. The second-order valence-electron chi connectivity index (χ2n) is 5.38. The van der Waals surface area contributed by atoms with Crippen molar-refractivity contribution in [1.82, 2.24) is 0 Å². The van der Waals surface area contributed by atoms with Gasteiger partial charge in [0.15, 0.2) is 0 Å². The predicted octanol–water partition coefficient (Wildman–Crippen LogP) is 3.71. The predicted molar refractivity (Wildman–Crippen MR) is 80.9 cm³/mol. The largest absolute Gasteiger partial charge is 0.489 e. The summed E-state index contributed by atoms with van der Waals surface area (Å²) in [6.07, 6.45) is 1.83. The molecule has 1 aromatic rings. The van der Waals surface area contributed by atoms with Crippen molar-refractivity contribution in [2.75, 3.05) is 6.61 Å². The first-order valence-corrected chi connectivity index (χ1v) is 9.32. The van der Waals surface area contributed by atoms with Gasteiger partial charge in [-0.3, -0.25) is 0 Å². The molecule has 0 saturated carbocycles. The molecule has 0 aromatic heterocycles. The van der Waals surface area contributed by atoms with Gasteiger partial charge in [-0.05, 0) is 44.9 Å². The summed E-state index contributed by atoms with van der Waals surface area (Å²) in [5, 5.41) is 0. The van der Waals surface area contributed by atoms with E-state index in [2.05, 4.69) is 15.9 Å². The van der Waals surface area contributed by atoms with Crippen LogP contribution in [0.3, 0.4) is 0 Å². The monoisotopic (exact) mass is 382 g/mol. The minimum Gasteiger partial charge on any atom is -0.489 e. The summed E-state index contributed by atoms with van der Waals surface area (Å²) in [5.41, 5.74) is -0.144. The van der Waals surface area contributed by atoms with Gasteiger partial charge in [0.25, 0.3) is 9.05 Å². The van der Waals surface area contributed by atoms with E-state index in [1.807, 2.05) is 13.8 Å². The molecule has 1 aromatic carbocycles. The third-order valence-corrected chi connectivity index (χ3v) is 4.98. The molecule has 1 unspecified atom stereocenters. The van der Waals surface area contributed by atoms with Gasteiger partial charge >= 0.3 is 0 Å². The lowest BCUT2D eigenvalue weighted by Gasteiger charge is -2.19. The third kappa shape index (κ3) is 4.10. The molecule has 0 amide bonds. The molecule has 1 saturated heterocycles. The highest BCUT2D eigenvalue weighted by Crippen LogP contribution is 2.32. The van der Waals surface area contributed by atoms with Crippen LogP contribution in [-0.2, 0) is 13.8 Å². The second kappa shape index (κ2) is 5.83. The second-order valence-corrected chi connectivity index (χ2v) is 8.83. The zero-order valence-electron chi connectivity index (χ0n) is 11.2. The summed E-state index contributed by atoms with van der Waals surface area (Å²) in [7, 11) is 1.57. The zero-order valence-corrected chi connectivity index (χ0v) is 14.4. The van der Waals surface area contributed by atoms with E-state index in [0.29, 0.717) is 11.1 Å². The fourth-order valence-electron chi connectivity index (χ4n) is 2.17. The summed E-state index contributed by atoms with van der Waals surface area (Å²) in [6, 6.07) is 4.72. The summed E-state index contributed by atoms with van der Waals surface area (Å²) in [5.74, 6) is 0.247. The number of rotatable bonds is 4. The SMILES string of the molecule is CC1(C)CCC(COc2ccc(Br)cc2S(=O)(=O)Cl)O1. The molecule has 112 valence electrons. The van der Waals surface area contributed by atoms with Gasteiger partial charge in [0, 0.05) is 15.2 Å². The molecule has 1 aliphatic rings. The van der Waals surface area contributed by atoms with Gasteiger partial charge in [-0.2, -0.15) is 0 Å². The van der Waals surface area contributed by atoms with Gasteiger partial charge in [0.1, 0.15) is 17.3 Å². The van der Waals surface area contributed by atoms with Crippen molar-refractivity contribution < 1.29 is 17.9 Å². The third-order valence-electron chi connectivity index (χ3n) is 3.15. The highest BCUT2D eigenvalue weighted by molar-refractivity contribution is 9.10. The van der Waals surface area contributed by atoms with Gasteiger partial charge in [0.05, 0.1) is 11.7 Å². The molecule has 1 aliphatic heterocycles. The number of benzene rings is 1. The number of hydrogen-bond donors (Lipinski definition) is 0. The van der Waals surface area contributed by atoms with E-state index in [9.17, 15) is 8.42 Å². The van der Waals surface area contributed by atoms with E-state index in [1.165, 1.54) is 6.07 Å². The quantitative estimate of drug-likeness (QED) is 0.744. The normalized spacial score (nSPS) is 21.9. The topological polar surface area (TPSA) is 52.6 Å². The molecule has 20 heavy (non-hydrogen) atoms. The molecule has 2 rings (SSSR count). The molecule has 7 heteroatoms. The van der Waals surface area contributed by atoms with Crippen LogP contribution in [0.4, 0.5) is 0 Å². The molecule has 0 bridgehead atoms. The highest BCUT2D eigenvalue weighted by Gasteiger charge is 2.32. The first-order chi connectivity index (χ1) is 9.17. The highest BCUT2D eigenvalue weighted by atomic mass is 79.9. The lowest BCUT2D eigenvalue weighted by atomic mass is 10.1. The molecular formula is C13H16BrClO4S. The molecule has 1 heterocycles. The molecule has 0 radical (unpaired) electrons. The van der Waals surface area contributed by atoms with Crippen molar-refractivity contribution in [2.45, 2.75) is 43.3 Å². The Balaban J connectivity index is 2.11. The molecule has 4 nitrogen and oxygen atoms in total. The van der Waals surface area contributed by atoms with Crippen LogP contribution < -0.4 is 4.74 Å². The Morgan fingerprint density at radius 3 is 2.75 bits per heavy atom. The first-order valence-electron chi connectivity index (χ1n) is 6.22. The molecule has 0 aliphatic carbocycles. The zero-order chi connectivity index (χ0) is 15.0. The first kappa shape index (κ1) is 16.1. The van der Waals surface area contributed by atoms with Gasteiger partial charge in [0.2, 0.25) is 0 Å². The van der Waals surface area contributed by atoms with Crippen molar-refractivity contribution in [1.29, 1.82) is 0 Å². The Morgan fingerprint density at radius 1 is 1.50 bits per heavy atom. The van der Waals surface area contributed by atoms with Crippen LogP contribution in [-0.4, -0.2) is 26.7 Å². The Morgan fingerprint density at radius 2 is 2.20 bits per heavy atom. The number of ether oxygens (including phenoxy) is 2. The van der Waals surface area contributed by atoms with Crippen LogP contribution in [0.25, 0.3) is 0 Å². The van der Waals surface area contributed by atoms with Crippen molar-refractivity contribution in [3.63, 3.8) is 0 Å². The van der Waals surface area contributed by atoms with E-state index in [1.54, 1.807) is 12.1 Å². The Kier molecular flexibility index (Phi) is 4.69. The number of halogens is 2. The van der Waals surface area contributed by atoms with Crippen LogP contribution in [0.5, 0.6) is 5.75 Å². The van der Waals surface area contributed by atoms with Crippen molar-refractivity contribution in [2.24, 2.45) is 0 Å². The van der Waals surface area contributed by atoms with E-state index in [4.69, 9.17) is 20.2 Å². The fraction of sp³-hybridized carbons (Fsp3) is 0.538. The average molecular weight is 384 g/mol. The Bertz CT molecular complexity index is 600. The summed E-state index contributed by atoms with van der Waals surface area (Å²) in [6.45, 7) is 4.37. The minimum atomic E-state index is -3.85. The average Bonchev–Trinajstić information content (AvgIpc) is 2.66. The van der Waals surface area contributed by atoms with Crippen molar-refractivity contribution >= 4 is 35.7 Å². The van der Waals surface area contributed by atoms with Crippen LogP contribution >= 0.6 is 26.6 Å². The van der Waals surface area contributed by atoms with E-state index >= 15 is 0 Å². The van der Waals surface area contributed by atoms with Crippen LogP contribution in [0.15, 0.2) is 27.6 Å². The summed E-state index contributed by atoms with van der Waals surface area (Å²) < 4.78 is 35.1. The van der Waals surface area contributed by atoms with Gasteiger partial charge in [-0.25, -0.2) is 8.42 Å². The maximum absolute atomic E-state index is 11.5. The Hall–Kier alpha value is -0.300. The molecular weight excluding hydrogens is 368 g/mol. The fourth-order valence-corrected chi connectivity index (χ4v) is 3.68.